The van der Waals surface area contributed by atoms with Crippen LogP contribution in [0.5, 0.6) is 0 Å². The van der Waals surface area contributed by atoms with Gasteiger partial charge >= 0.3 is 0 Å². The fraction of sp³-hybridized carbons (Fsp3) is 0.226. The Balaban J connectivity index is 1.18. The number of rotatable bonds is 5. The van der Waals surface area contributed by atoms with Gasteiger partial charge in [-0.1, -0.05) is 17.9 Å². The normalized spacial score (nSPS) is 15.2. The highest BCUT2D eigenvalue weighted by molar-refractivity contribution is 6.02. The van der Waals surface area contributed by atoms with Crippen molar-refractivity contribution < 1.29 is 13.6 Å². The number of carbonyl (C=O) groups excluding carboxylic acids is 1. The SMILES string of the molecule is CN1CC[C@H](n2cnc3cnc4ccc(C#CCNC(=O)c5cccn(Cc6ccc(F)c(F)c6)c5=O)cc4c32)C1. The molecule has 0 aliphatic carbocycles. The Morgan fingerprint density at radius 3 is 2.78 bits per heavy atom. The van der Waals surface area contributed by atoms with Crippen LogP contribution in [0.3, 0.4) is 0 Å². The van der Waals surface area contributed by atoms with E-state index in [1.165, 1.54) is 22.9 Å². The topological polar surface area (TPSA) is 85.1 Å². The van der Waals surface area contributed by atoms with Gasteiger partial charge in [0.2, 0.25) is 0 Å². The van der Waals surface area contributed by atoms with E-state index in [2.05, 4.69) is 43.6 Å². The summed E-state index contributed by atoms with van der Waals surface area (Å²) in [5.74, 6) is 3.50. The molecule has 1 N–H and O–H groups in total. The van der Waals surface area contributed by atoms with Crippen LogP contribution < -0.4 is 10.9 Å². The summed E-state index contributed by atoms with van der Waals surface area (Å²) in [6.07, 6.45) is 6.23. The molecule has 3 aromatic heterocycles. The number of hydrogen-bond donors (Lipinski definition) is 1. The molecule has 5 aromatic rings. The number of carbonyl (C=O) groups is 1. The molecule has 0 bridgehead atoms. The molecule has 0 saturated carbocycles. The summed E-state index contributed by atoms with van der Waals surface area (Å²) in [7, 11) is 2.12. The Bertz CT molecular complexity index is 1920. The Hall–Kier alpha value is -4.88. The summed E-state index contributed by atoms with van der Waals surface area (Å²) in [5.41, 5.74) is 3.29. The van der Waals surface area contributed by atoms with Gasteiger partial charge in [-0.15, -0.1) is 0 Å². The fourth-order valence-corrected chi connectivity index (χ4v) is 5.24. The number of fused-ring (bicyclic) bond motifs is 3. The van der Waals surface area contributed by atoms with Crippen LogP contribution >= 0.6 is 0 Å². The van der Waals surface area contributed by atoms with E-state index >= 15 is 0 Å². The van der Waals surface area contributed by atoms with Crippen LogP contribution in [-0.2, 0) is 6.54 Å². The Kier molecular flexibility index (Phi) is 7.03. The van der Waals surface area contributed by atoms with Crippen molar-refractivity contribution >= 4 is 27.8 Å². The number of likely N-dealkylation sites (tertiary alicyclic amines) is 1. The lowest BCUT2D eigenvalue weighted by Crippen LogP contribution is -2.33. The van der Waals surface area contributed by atoms with Gasteiger partial charge in [-0.25, -0.2) is 13.8 Å². The number of benzene rings is 2. The summed E-state index contributed by atoms with van der Waals surface area (Å²) in [6, 6.07) is 12.5. The van der Waals surface area contributed by atoms with E-state index in [4.69, 9.17) is 0 Å². The Morgan fingerprint density at radius 2 is 1.98 bits per heavy atom. The van der Waals surface area contributed by atoms with Crippen LogP contribution in [0.2, 0.25) is 0 Å². The first-order valence-corrected chi connectivity index (χ1v) is 13.2. The monoisotopic (exact) mass is 552 g/mol. The maximum atomic E-state index is 13.6. The molecule has 1 aliphatic heterocycles. The molecule has 4 heterocycles. The zero-order valence-electron chi connectivity index (χ0n) is 22.3. The number of likely N-dealkylation sites (N-methyl/N-ethyl adjacent to an activating group) is 1. The van der Waals surface area contributed by atoms with E-state index in [0.29, 0.717) is 11.6 Å². The summed E-state index contributed by atoms with van der Waals surface area (Å²) in [4.78, 5) is 37.0. The third-order valence-corrected chi connectivity index (χ3v) is 7.33. The summed E-state index contributed by atoms with van der Waals surface area (Å²) in [6.45, 7) is 2.03. The Labute approximate surface area is 234 Å². The van der Waals surface area contributed by atoms with Crippen molar-refractivity contribution in [1.82, 2.24) is 29.3 Å². The van der Waals surface area contributed by atoms with Crippen LogP contribution in [0, 0.1) is 23.5 Å². The molecule has 0 unspecified atom stereocenters. The number of imidazole rings is 1. The number of pyridine rings is 2. The fourth-order valence-electron chi connectivity index (χ4n) is 5.24. The minimum Gasteiger partial charge on any atom is -0.341 e. The van der Waals surface area contributed by atoms with Crippen molar-refractivity contribution in [1.29, 1.82) is 0 Å². The molecule has 1 saturated heterocycles. The predicted molar refractivity (Wildman–Crippen MR) is 152 cm³/mol. The third kappa shape index (κ3) is 5.32. The second-order valence-electron chi connectivity index (χ2n) is 10.2. The molecule has 1 aliphatic rings. The number of hydrogen-bond acceptors (Lipinski definition) is 5. The average Bonchev–Trinajstić information content (AvgIpc) is 3.60. The van der Waals surface area contributed by atoms with Crippen LogP contribution in [0.1, 0.15) is 33.9 Å². The maximum absolute atomic E-state index is 13.6. The first kappa shape index (κ1) is 26.3. The molecule has 2 aromatic carbocycles. The van der Waals surface area contributed by atoms with E-state index in [1.807, 2.05) is 24.5 Å². The lowest BCUT2D eigenvalue weighted by Gasteiger charge is -2.14. The molecule has 8 nitrogen and oxygen atoms in total. The maximum Gasteiger partial charge on any atom is 0.263 e. The summed E-state index contributed by atoms with van der Waals surface area (Å²) < 4.78 is 30.3. The molecule has 41 heavy (non-hydrogen) atoms. The summed E-state index contributed by atoms with van der Waals surface area (Å²) >= 11 is 0. The summed E-state index contributed by atoms with van der Waals surface area (Å²) in [5, 5.41) is 3.63. The first-order chi connectivity index (χ1) is 19.9. The van der Waals surface area contributed by atoms with E-state index in [1.54, 1.807) is 12.3 Å². The third-order valence-electron chi connectivity index (χ3n) is 7.33. The molecule has 1 atom stereocenters. The van der Waals surface area contributed by atoms with Gasteiger partial charge in [-0.3, -0.25) is 14.6 Å². The number of nitrogens with zero attached hydrogens (tertiary/aromatic N) is 5. The van der Waals surface area contributed by atoms with Gasteiger partial charge in [-0.2, -0.15) is 0 Å². The predicted octanol–water partition coefficient (Wildman–Crippen LogP) is 3.73. The second kappa shape index (κ2) is 10.9. The zero-order valence-corrected chi connectivity index (χ0v) is 22.3. The molecular formula is C31H26F2N6O2. The smallest absolute Gasteiger partial charge is 0.263 e. The lowest BCUT2D eigenvalue weighted by atomic mass is 10.1. The van der Waals surface area contributed by atoms with E-state index < -0.39 is 23.1 Å². The van der Waals surface area contributed by atoms with Crippen molar-refractivity contribution in [3.63, 3.8) is 0 Å². The molecule has 0 radical (unpaired) electrons. The number of amides is 1. The van der Waals surface area contributed by atoms with Crippen LogP contribution in [0.25, 0.3) is 21.9 Å². The van der Waals surface area contributed by atoms with Gasteiger partial charge in [0.05, 0.1) is 36.6 Å². The van der Waals surface area contributed by atoms with Gasteiger partial charge < -0.3 is 19.4 Å². The molecule has 1 fully saturated rings. The van der Waals surface area contributed by atoms with E-state index in [-0.39, 0.29) is 18.7 Å². The lowest BCUT2D eigenvalue weighted by molar-refractivity contribution is 0.0956. The van der Waals surface area contributed by atoms with Crippen LogP contribution in [0.15, 0.2) is 72.0 Å². The number of nitrogens with one attached hydrogen (secondary N) is 1. The van der Waals surface area contributed by atoms with Crippen molar-refractivity contribution in [2.24, 2.45) is 0 Å². The highest BCUT2D eigenvalue weighted by Gasteiger charge is 2.23. The van der Waals surface area contributed by atoms with Crippen molar-refractivity contribution in [2.45, 2.75) is 19.0 Å². The largest absolute Gasteiger partial charge is 0.341 e. The molecule has 10 heteroatoms. The molecule has 1 amide bonds. The van der Waals surface area contributed by atoms with E-state index in [0.717, 1.165) is 59.1 Å². The van der Waals surface area contributed by atoms with Gasteiger partial charge in [0.25, 0.3) is 11.5 Å². The van der Waals surface area contributed by atoms with Crippen LogP contribution in [0.4, 0.5) is 8.78 Å². The molecule has 0 spiro atoms. The van der Waals surface area contributed by atoms with Gasteiger partial charge in [-0.05, 0) is 68.0 Å². The zero-order chi connectivity index (χ0) is 28.5. The van der Waals surface area contributed by atoms with E-state index in [9.17, 15) is 18.4 Å². The molecule has 6 rings (SSSR count). The quantitative estimate of drug-likeness (QED) is 0.336. The van der Waals surface area contributed by atoms with Gasteiger partial charge in [0.15, 0.2) is 11.6 Å². The van der Waals surface area contributed by atoms with Gasteiger partial charge in [0.1, 0.15) is 11.1 Å². The highest BCUT2D eigenvalue weighted by Crippen LogP contribution is 2.29. The van der Waals surface area contributed by atoms with Crippen molar-refractivity contribution in [2.75, 3.05) is 26.7 Å². The minimum absolute atomic E-state index is 0.00258. The van der Waals surface area contributed by atoms with Crippen LogP contribution in [-0.4, -0.2) is 56.6 Å². The number of halogens is 2. The van der Waals surface area contributed by atoms with Crippen molar-refractivity contribution in [3.05, 3.63) is 106 Å². The molecule has 206 valence electrons. The first-order valence-electron chi connectivity index (χ1n) is 13.2. The minimum atomic E-state index is -0.998. The molecular weight excluding hydrogens is 526 g/mol. The average molecular weight is 553 g/mol. The second-order valence-corrected chi connectivity index (χ2v) is 10.2. The Morgan fingerprint density at radius 1 is 1.10 bits per heavy atom. The van der Waals surface area contributed by atoms with Crippen molar-refractivity contribution in [3.8, 4) is 11.8 Å². The van der Waals surface area contributed by atoms with Gasteiger partial charge in [0, 0.05) is 29.7 Å². The number of aromatic nitrogens is 4. The standard InChI is InChI=1S/C31H26F2N6O2/c1-37-13-10-22(18-37)39-19-36-28-16-35-27-9-7-20(14-24(27)29(28)39)4-2-11-34-30(40)23-5-3-12-38(31(23)41)17-21-6-8-25(32)26(33)15-21/h3,5-9,12,14-16,19,22H,10-11,13,17-18H2,1H3,(H,34,40)/t22-/m0/s1. The highest BCUT2D eigenvalue weighted by atomic mass is 19.2.